The van der Waals surface area contributed by atoms with Crippen molar-refractivity contribution in [3.05, 3.63) is 83.0 Å². The molecular formula is C32H42N6O3. The summed E-state index contributed by atoms with van der Waals surface area (Å²) >= 11 is 0. The number of morpholine rings is 1. The molecule has 3 aromatic rings. The van der Waals surface area contributed by atoms with Crippen molar-refractivity contribution in [2.45, 2.75) is 27.3 Å². The van der Waals surface area contributed by atoms with E-state index in [4.69, 9.17) is 4.74 Å². The lowest BCUT2D eigenvalue weighted by molar-refractivity contribution is 0.101. The summed E-state index contributed by atoms with van der Waals surface area (Å²) < 4.78 is 5.41. The van der Waals surface area contributed by atoms with Crippen molar-refractivity contribution >= 4 is 29.0 Å². The van der Waals surface area contributed by atoms with Gasteiger partial charge in [-0.3, -0.25) is 9.59 Å². The van der Waals surface area contributed by atoms with E-state index < -0.39 is 0 Å². The van der Waals surface area contributed by atoms with E-state index in [1.165, 1.54) is 0 Å². The summed E-state index contributed by atoms with van der Waals surface area (Å²) in [5.74, 6) is 0.317. The molecule has 2 amide bonds. The lowest BCUT2D eigenvalue weighted by Gasteiger charge is -2.28. The normalized spacial score (nSPS) is 13.8. The molecule has 1 saturated heterocycles. The Morgan fingerprint density at radius 3 is 2.37 bits per heavy atom. The minimum Gasteiger partial charge on any atom is -0.378 e. The molecule has 0 spiro atoms. The van der Waals surface area contributed by atoms with Gasteiger partial charge < -0.3 is 30.5 Å². The number of carbonyl (C=O) groups is 2. The number of rotatable bonds is 11. The zero-order valence-electron chi connectivity index (χ0n) is 24.8. The molecule has 0 radical (unpaired) electrons. The molecule has 9 heteroatoms. The number of anilines is 3. The Morgan fingerprint density at radius 2 is 1.66 bits per heavy atom. The average Bonchev–Trinajstić information content (AvgIpc) is 2.95. The maximum Gasteiger partial charge on any atom is 0.255 e. The van der Waals surface area contributed by atoms with E-state index in [0.717, 1.165) is 49.7 Å². The Morgan fingerprint density at radius 1 is 0.951 bits per heavy atom. The molecule has 3 N–H and O–H groups in total. The van der Waals surface area contributed by atoms with Crippen molar-refractivity contribution < 1.29 is 14.3 Å². The predicted molar refractivity (Wildman–Crippen MR) is 165 cm³/mol. The Kier molecular flexibility index (Phi) is 10.1. The molecule has 2 aromatic carbocycles. The van der Waals surface area contributed by atoms with E-state index in [2.05, 4.69) is 58.7 Å². The molecule has 9 nitrogen and oxygen atoms in total. The first-order chi connectivity index (χ1) is 19.6. The maximum absolute atomic E-state index is 13.0. The van der Waals surface area contributed by atoms with Gasteiger partial charge in [0.2, 0.25) is 0 Å². The van der Waals surface area contributed by atoms with Gasteiger partial charge in [-0.25, -0.2) is 4.98 Å². The van der Waals surface area contributed by atoms with Crippen molar-refractivity contribution in [1.82, 2.24) is 15.2 Å². The van der Waals surface area contributed by atoms with E-state index in [9.17, 15) is 9.59 Å². The molecule has 2 heterocycles. The van der Waals surface area contributed by atoms with Crippen LogP contribution in [0.5, 0.6) is 0 Å². The number of amides is 2. The first kappa shape index (κ1) is 30.2. The Bertz CT molecular complexity index is 1330. The summed E-state index contributed by atoms with van der Waals surface area (Å²) in [6.45, 7) is 11.8. The van der Waals surface area contributed by atoms with E-state index in [1.807, 2.05) is 43.3 Å². The summed E-state index contributed by atoms with van der Waals surface area (Å²) in [7, 11) is 4.17. The van der Waals surface area contributed by atoms with Crippen LogP contribution in [-0.2, 0) is 11.3 Å². The molecule has 1 fully saturated rings. The molecule has 1 aliphatic heterocycles. The lowest BCUT2D eigenvalue weighted by Crippen LogP contribution is -2.37. The average molecular weight is 559 g/mol. The number of hydrogen-bond donors (Lipinski definition) is 3. The first-order valence-corrected chi connectivity index (χ1v) is 14.1. The first-order valence-electron chi connectivity index (χ1n) is 14.1. The zero-order chi connectivity index (χ0) is 29.4. The topological polar surface area (TPSA) is 98.8 Å². The van der Waals surface area contributed by atoms with Crippen molar-refractivity contribution in [1.29, 1.82) is 0 Å². The zero-order valence-corrected chi connectivity index (χ0v) is 24.8. The summed E-state index contributed by atoms with van der Waals surface area (Å²) in [4.78, 5) is 34.8. The van der Waals surface area contributed by atoms with Crippen molar-refractivity contribution in [2.24, 2.45) is 5.41 Å². The van der Waals surface area contributed by atoms with Gasteiger partial charge in [-0.15, -0.1) is 0 Å². The largest absolute Gasteiger partial charge is 0.378 e. The number of nitrogens with zero attached hydrogens (tertiary/aromatic N) is 3. The molecule has 0 atom stereocenters. The molecule has 0 saturated carbocycles. The maximum atomic E-state index is 13.0. The van der Waals surface area contributed by atoms with Gasteiger partial charge in [0, 0.05) is 61.4 Å². The predicted octanol–water partition coefficient (Wildman–Crippen LogP) is 4.41. The van der Waals surface area contributed by atoms with Crippen LogP contribution < -0.4 is 20.9 Å². The number of ether oxygens (including phenoxy) is 1. The van der Waals surface area contributed by atoms with Crippen LogP contribution in [-0.4, -0.2) is 75.2 Å². The third-order valence-corrected chi connectivity index (χ3v) is 6.98. The van der Waals surface area contributed by atoms with Crippen molar-refractivity contribution in [3.8, 4) is 0 Å². The molecule has 1 aromatic heterocycles. The SMILES string of the molecule is Cc1ccc(NC(=O)c2ccnc(N3CCOCC3)c2)cc1NC(=O)c1ccc(CNCC(C)(C)CN(C)C)cc1. The molecule has 0 bridgehead atoms. The Balaban J connectivity index is 1.34. The van der Waals surface area contributed by atoms with Crippen molar-refractivity contribution in [3.63, 3.8) is 0 Å². The molecule has 0 unspecified atom stereocenters. The fourth-order valence-electron chi connectivity index (χ4n) is 4.99. The van der Waals surface area contributed by atoms with Gasteiger partial charge in [0.25, 0.3) is 11.8 Å². The lowest BCUT2D eigenvalue weighted by atomic mass is 9.93. The third-order valence-electron chi connectivity index (χ3n) is 6.98. The van der Waals surface area contributed by atoms with E-state index >= 15 is 0 Å². The van der Waals surface area contributed by atoms with Crippen molar-refractivity contribution in [2.75, 3.05) is 69.0 Å². The second-order valence-corrected chi connectivity index (χ2v) is 11.6. The van der Waals surface area contributed by atoms with Gasteiger partial charge in [-0.05, 0) is 74.0 Å². The van der Waals surface area contributed by atoms with Crippen LogP contribution in [0.4, 0.5) is 17.2 Å². The molecule has 0 aliphatic carbocycles. The van der Waals surface area contributed by atoms with Gasteiger partial charge in [0.05, 0.1) is 13.2 Å². The second kappa shape index (κ2) is 13.7. The number of aromatic nitrogens is 1. The second-order valence-electron chi connectivity index (χ2n) is 11.6. The highest BCUT2D eigenvalue weighted by Gasteiger charge is 2.18. The Hall–Kier alpha value is -3.79. The van der Waals surface area contributed by atoms with E-state index in [1.54, 1.807) is 24.4 Å². The number of nitrogens with one attached hydrogen (secondary N) is 3. The fourth-order valence-corrected chi connectivity index (χ4v) is 4.99. The summed E-state index contributed by atoms with van der Waals surface area (Å²) in [6, 6.07) is 16.6. The van der Waals surface area contributed by atoms with Crippen LogP contribution in [0.3, 0.4) is 0 Å². The summed E-state index contributed by atoms with van der Waals surface area (Å²) in [6.07, 6.45) is 1.65. The molecule has 218 valence electrons. The van der Waals surface area contributed by atoms with Gasteiger partial charge in [0.15, 0.2) is 0 Å². The molecule has 4 rings (SSSR count). The number of hydrogen-bond acceptors (Lipinski definition) is 7. The number of carbonyl (C=O) groups excluding carboxylic acids is 2. The van der Waals surface area contributed by atoms with Crippen LogP contribution in [0.25, 0.3) is 0 Å². The number of aryl methyl sites for hydroxylation is 1. The van der Waals surface area contributed by atoms with Gasteiger partial charge in [-0.2, -0.15) is 0 Å². The highest BCUT2D eigenvalue weighted by atomic mass is 16.5. The van der Waals surface area contributed by atoms with E-state index in [0.29, 0.717) is 35.7 Å². The minimum atomic E-state index is -0.239. The third kappa shape index (κ3) is 8.85. The summed E-state index contributed by atoms with van der Waals surface area (Å²) in [5, 5.41) is 9.46. The fraction of sp³-hybridized carbons (Fsp3) is 0.406. The standard InChI is InChI=1S/C32H42N6O3/c1-23-6-11-27(35-31(40)26-12-13-34-29(18-26)38-14-16-41-17-15-38)19-28(23)36-30(39)25-9-7-24(8-10-25)20-33-21-32(2,3)22-37(4)5/h6-13,18-19,33H,14-17,20-22H2,1-5H3,(H,35,40)(H,36,39). The van der Waals surface area contributed by atoms with Crippen LogP contribution in [0.1, 0.15) is 45.7 Å². The van der Waals surface area contributed by atoms with Gasteiger partial charge >= 0.3 is 0 Å². The molecule has 41 heavy (non-hydrogen) atoms. The van der Waals surface area contributed by atoms with E-state index in [-0.39, 0.29) is 17.2 Å². The van der Waals surface area contributed by atoms with Crippen LogP contribution >= 0.6 is 0 Å². The smallest absolute Gasteiger partial charge is 0.255 e. The quantitative estimate of drug-likeness (QED) is 0.321. The monoisotopic (exact) mass is 558 g/mol. The van der Waals surface area contributed by atoms with Crippen LogP contribution in [0.2, 0.25) is 0 Å². The molecular weight excluding hydrogens is 516 g/mol. The highest BCUT2D eigenvalue weighted by Crippen LogP contribution is 2.23. The highest BCUT2D eigenvalue weighted by molar-refractivity contribution is 6.07. The number of pyridine rings is 1. The minimum absolute atomic E-state index is 0.166. The molecule has 1 aliphatic rings. The van der Waals surface area contributed by atoms with Gasteiger partial charge in [0.1, 0.15) is 5.82 Å². The van der Waals surface area contributed by atoms with Gasteiger partial charge in [-0.1, -0.05) is 32.0 Å². The number of benzene rings is 2. The summed E-state index contributed by atoms with van der Waals surface area (Å²) in [5.41, 5.74) is 4.52. The Labute approximate surface area is 243 Å². The van der Waals surface area contributed by atoms with Crippen LogP contribution in [0, 0.1) is 12.3 Å². The van der Waals surface area contributed by atoms with Crippen LogP contribution in [0.15, 0.2) is 60.8 Å².